The van der Waals surface area contributed by atoms with Gasteiger partial charge in [0, 0.05) is 17.2 Å². The van der Waals surface area contributed by atoms with Crippen LogP contribution in [-0.4, -0.2) is 9.25 Å². The van der Waals surface area contributed by atoms with E-state index >= 15 is 0 Å². The van der Waals surface area contributed by atoms with Crippen molar-refractivity contribution in [2.75, 3.05) is 0 Å². The van der Waals surface area contributed by atoms with E-state index in [1.165, 1.54) is 0 Å². The van der Waals surface area contributed by atoms with Crippen LogP contribution >= 0.6 is 0 Å². The van der Waals surface area contributed by atoms with Gasteiger partial charge in [-0.15, -0.1) is 0 Å². The third-order valence-corrected chi connectivity index (χ3v) is 3.02. The maximum Gasteiger partial charge on any atom is 0.139 e. The summed E-state index contributed by atoms with van der Waals surface area (Å²) in [6, 6.07) is 7.83. The number of hydrogen-bond acceptors (Lipinski definition) is 2. The lowest BCUT2D eigenvalue weighted by Gasteiger charge is -2.02. The van der Waals surface area contributed by atoms with Crippen LogP contribution < -0.4 is 0 Å². The molecule has 1 unspecified atom stereocenters. The number of benzene rings is 1. The number of rotatable bonds is 1. The molecule has 0 spiro atoms. The van der Waals surface area contributed by atoms with E-state index in [1.54, 1.807) is 11.6 Å². The lowest BCUT2D eigenvalue weighted by atomic mass is 10.1. The zero-order valence-electron chi connectivity index (χ0n) is 7.23. The molecule has 2 nitrogen and oxygen atoms in total. The smallest absolute Gasteiger partial charge is 0.139 e. The fraction of sp³-hybridized carbons (Fsp3) is 0.100. The Kier molecular flexibility index (Phi) is 2.10. The molecule has 0 aromatic heterocycles. The molecule has 1 aromatic carbocycles. The molecule has 0 saturated carbocycles. The van der Waals surface area contributed by atoms with Crippen LogP contribution in [0.2, 0.25) is 0 Å². The zero-order valence-corrected chi connectivity index (χ0v) is 8.04. The number of nitrogens with zero attached hydrogens (tertiary/aromatic N) is 1. The van der Waals surface area contributed by atoms with E-state index in [0.717, 1.165) is 11.1 Å². The summed E-state index contributed by atoms with van der Waals surface area (Å²) in [6.45, 7) is 1.99. The quantitative estimate of drug-likeness (QED) is 0.667. The highest BCUT2D eigenvalue weighted by Crippen LogP contribution is 2.14. The summed E-state index contributed by atoms with van der Waals surface area (Å²) in [5.41, 5.74) is 2.09. The second kappa shape index (κ2) is 3.26. The van der Waals surface area contributed by atoms with Crippen LogP contribution in [0.25, 0.3) is 0 Å². The van der Waals surface area contributed by atoms with Crippen molar-refractivity contribution in [3.63, 3.8) is 0 Å². The Morgan fingerprint density at radius 2 is 2.08 bits per heavy atom. The summed E-state index contributed by atoms with van der Waals surface area (Å²) < 4.78 is 11.4. The average Bonchev–Trinajstić information content (AvgIpc) is 2.52. The van der Waals surface area contributed by atoms with Crippen molar-refractivity contribution in [3.05, 3.63) is 47.0 Å². The molecule has 1 atom stereocenters. The first-order valence-electron chi connectivity index (χ1n) is 4.00. The van der Waals surface area contributed by atoms with Gasteiger partial charge in [-0.3, -0.25) is 0 Å². The Balaban J connectivity index is 2.48. The molecular formula is C10H9NOS. The minimum atomic E-state index is -1.05. The Labute approximate surface area is 79.5 Å². The first-order valence-corrected chi connectivity index (χ1v) is 5.21. The molecule has 0 bridgehead atoms. The third kappa shape index (κ3) is 1.47. The molecule has 0 N–H and O–H groups in total. The summed E-state index contributed by atoms with van der Waals surface area (Å²) >= 11 is 0. The van der Waals surface area contributed by atoms with Gasteiger partial charge in [-0.2, -0.15) is 0 Å². The van der Waals surface area contributed by atoms with E-state index in [2.05, 4.69) is 4.99 Å². The zero-order chi connectivity index (χ0) is 9.26. The summed E-state index contributed by atoms with van der Waals surface area (Å²) in [6.07, 6.45) is 1.60. The Bertz CT molecular complexity index is 421. The average molecular weight is 191 g/mol. The third-order valence-electron chi connectivity index (χ3n) is 1.94. The van der Waals surface area contributed by atoms with Crippen LogP contribution in [0, 0.1) is 6.92 Å². The highest BCUT2D eigenvalue weighted by Gasteiger charge is 2.14. The summed E-state index contributed by atoms with van der Waals surface area (Å²) in [4.78, 5) is 4.08. The maximum absolute atomic E-state index is 11.4. The van der Waals surface area contributed by atoms with Gasteiger partial charge < -0.3 is 0 Å². The normalized spacial score (nSPS) is 20.4. The van der Waals surface area contributed by atoms with Crippen molar-refractivity contribution in [2.24, 2.45) is 4.99 Å². The van der Waals surface area contributed by atoms with Gasteiger partial charge in [0.2, 0.25) is 0 Å². The lowest BCUT2D eigenvalue weighted by Crippen LogP contribution is -2.05. The molecule has 3 heteroatoms. The van der Waals surface area contributed by atoms with Gasteiger partial charge in [0.15, 0.2) is 0 Å². The van der Waals surface area contributed by atoms with Crippen molar-refractivity contribution in [1.29, 1.82) is 0 Å². The second-order valence-corrected chi connectivity index (χ2v) is 4.09. The number of aliphatic imine (C=N–C) groups is 1. The first kappa shape index (κ1) is 8.38. The van der Waals surface area contributed by atoms with Crippen molar-refractivity contribution in [1.82, 2.24) is 0 Å². The molecule has 0 saturated heterocycles. The molecule has 1 aromatic rings. The summed E-state index contributed by atoms with van der Waals surface area (Å²) in [7, 11) is -1.05. The number of aryl methyl sites for hydroxylation is 1. The first-order chi connectivity index (χ1) is 6.29. The van der Waals surface area contributed by atoms with Gasteiger partial charge in [0.05, 0.1) is 10.8 Å². The highest BCUT2D eigenvalue weighted by atomic mass is 32.2. The molecule has 0 fully saturated rings. The van der Waals surface area contributed by atoms with Crippen LogP contribution in [0.15, 0.2) is 40.9 Å². The Hall–Kier alpha value is -1.22. The van der Waals surface area contributed by atoms with Gasteiger partial charge in [0.1, 0.15) is 5.04 Å². The molecule has 0 radical (unpaired) electrons. The van der Waals surface area contributed by atoms with E-state index in [4.69, 9.17) is 0 Å². The van der Waals surface area contributed by atoms with E-state index < -0.39 is 10.8 Å². The molecule has 2 rings (SSSR count). The summed E-state index contributed by atoms with van der Waals surface area (Å²) in [5, 5.41) is 2.26. The van der Waals surface area contributed by atoms with Crippen LogP contribution in [0.1, 0.15) is 11.1 Å². The Morgan fingerprint density at radius 3 is 2.69 bits per heavy atom. The lowest BCUT2D eigenvalue weighted by molar-refractivity contribution is 0.695. The molecule has 66 valence electrons. The van der Waals surface area contributed by atoms with E-state index in [0.29, 0.717) is 5.04 Å². The van der Waals surface area contributed by atoms with Gasteiger partial charge in [0.25, 0.3) is 0 Å². The predicted octanol–water partition coefficient (Wildman–Crippen LogP) is 1.98. The van der Waals surface area contributed by atoms with Crippen molar-refractivity contribution in [2.45, 2.75) is 6.92 Å². The van der Waals surface area contributed by atoms with Crippen molar-refractivity contribution >= 4 is 15.8 Å². The van der Waals surface area contributed by atoms with Gasteiger partial charge >= 0.3 is 0 Å². The van der Waals surface area contributed by atoms with Crippen LogP contribution in [-0.2, 0) is 10.8 Å². The fourth-order valence-corrected chi connectivity index (χ4v) is 2.17. The molecule has 1 aliphatic rings. The minimum Gasteiger partial charge on any atom is -0.248 e. The number of hydrogen-bond donors (Lipinski definition) is 0. The van der Waals surface area contributed by atoms with Gasteiger partial charge in [-0.1, -0.05) is 24.3 Å². The maximum atomic E-state index is 11.4. The van der Waals surface area contributed by atoms with Gasteiger partial charge in [-0.05, 0) is 12.5 Å². The molecular weight excluding hydrogens is 182 g/mol. The van der Waals surface area contributed by atoms with E-state index in [9.17, 15) is 4.21 Å². The van der Waals surface area contributed by atoms with E-state index in [-0.39, 0.29) is 0 Å². The predicted molar refractivity (Wildman–Crippen MR) is 55.0 cm³/mol. The largest absolute Gasteiger partial charge is 0.248 e. The highest BCUT2D eigenvalue weighted by molar-refractivity contribution is 8.04. The second-order valence-electron chi connectivity index (χ2n) is 2.83. The van der Waals surface area contributed by atoms with Crippen molar-refractivity contribution < 1.29 is 4.21 Å². The van der Waals surface area contributed by atoms with E-state index in [1.807, 2.05) is 31.2 Å². The molecule has 13 heavy (non-hydrogen) atoms. The van der Waals surface area contributed by atoms with Crippen LogP contribution in [0.4, 0.5) is 0 Å². The molecule has 1 heterocycles. The van der Waals surface area contributed by atoms with Crippen LogP contribution in [0.3, 0.4) is 0 Å². The minimum absolute atomic E-state index is 0.665. The Morgan fingerprint density at radius 1 is 1.31 bits per heavy atom. The summed E-state index contributed by atoms with van der Waals surface area (Å²) in [5.74, 6) is 0. The van der Waals surface area contributed by atoms with Crippen LogP contribution in [0.5, 0.6) is 0 Å². The van der Waals surface area contributed by atoms with Crippen molar-refractivity contribution in [3.8, 4) is 0 Å². The molecule has 0 aliphatic carbocycles. The molecule has 1 aliphatic heterocycles. The molecule has 0 amide bonds. The fourth-order valence-electron chi connectivity index (χ4n) is 1.26. The van der Waals surface area contributed by atoms with Gasteiger partial charge in [-0.25, -0.2) is 9.20 Å². The SMILES string of the molecule is Cc1ccccc1C1=NC=CS1=O. The monoisotopic (exact) mass is 191 g/mol. The topological polar surface area (TPSA) is 29.4 Å². The standard InChI is InChI=1S/C10H9NOS/c1-8-4-2-3-5-9(8)10-11-6-7-13(10)12/h2-7H,1H3.